The van der Waals surface area contributed by atoms with Gasteiger partial charge in [0.05, 0.1) is 12.7 Å². The maximum absolute atomic E-state index is 9.92. The minimum absolute atomic E-state index is 0.620. The molecule has 7 N–H and O–H groups in total. The van der Waals surface area contributed by atoms with Gasteiger partial charge in [-0.05, 0) is 6.92 Å². The number of hydrogen-bond donors (Lipinski definition) is 7. The molecule has 10 atom stereocenters. The van der Waals surface area contributed by atoms with Gasteiger partial charge >= 0.3 is 0 Å². The van der Waals surface area contributed by atoms with Crippen LogP contribution in [0.1, 0.15) is 6.92 Å². The highest BCUT2D eigenvalue weighted by atomic mass is 16.7. The third kappa shape index (κ3) is 3.26. The van der Waals surface area contributed by atoms with Crippen LogP contribution in [0.5, 0.6) is 0 Å². The summed E-state index contributed by atoms with van der Waals surface area (Å²) in [4.78, 5) is 0. The molecule has 10 nitrogen and oxygen atoms in total. The number of ether oxygens (including phenoxy) is 3. The molecule has 130 valence electrons. The predicted molar refractivity (Wildman–Crippen MR) is 67.2 cm³/mol. The number of aliphatic hydroxyl groups is 7. The van der Waals surface area contributed by atoms with Crippen molar-refractivity contribution in [2.75, 3.05) is 6.61 Å². The topological polar surface area (TPSA) is 169 Å². The molecule has 2 fully saturated rings. The molecule has 2 aliphatic rings. The van der Waals surface area contributed by atoms with Crippen LogP contribution in [0.3, 0.4) is 0 Å². The van der Waals surface area contributed by atoms with E-state index >= 15 is 0 Å². The maximum Gasteiger partial charge on any atom is 0.187 e. The van der Waals surface area contributed by atoms with E-state index in [1.54, 1.807) is 0 Å². The van der Waals surface area contributed by atoms with Gasteiger partial charge in [0, 0.05) is 0 Å². The molecular formula is C12H22O10. The maximum atomic E-state index is 9.92. The first kappa shape index (κ1) is 17.9. The van der Waals surface area contributed by atoms with Crippen molar-refractivity contribution in [3.63, 3.8) is 0 Å². The summed E-state index contributed by atoms with van der Waals surface area (Å²) < 4.78 is 15.5. The monoisotopic (exact) mass is 326 g/mol. The molecule has 0 aromatic rings. The van der Waals surface area contributed by atoms with Crippen molar-refractivity contribution in [2.24, 2.45) is 0 Å². The van der Waals surface area contributed by atoms with Crippen LogP contribution >= 0.6 is 0 Å². The molecule has 22 heavy (non-hydrogen) atoms. The molecule has 0 bridgehead atoms. The van der Waals surface area contributed by atoms with Crippen LogP contribution in [0.2, 0.25) is 0 Å². The van der Waals surface area contributed by atoms with E-state index < -0.39 is 68.0 Å². The number of rotatable bonds is 3. The lowest BCUT2D eigenvalue weighted by molar-refractivity contribution is -0.351. The average Bonchev–Trinajstić information content (AvgIpc) is 2.49. The predicted octanol–water partition coefficient (Wildman–Crippen LogP) is -4.37. The Labute approximate surface area is 126 Å². The van der Waals surface area contributed by atoms with Crippen LogP contribution in [0, 0.1) is 0 Å². The standard InChI is InChI=1S/C12H22O10/c1-3-10(7(16)8(17)11(19)20-3)22-12-9(18)6(15)5(14)4(2-13)21-12/h3-19H,2H2,1H3/t3-,4+,5-,6-,7-,8+,9+,10-,11+,12-/m0/s1. The summed E-state index contributed by atoms with van der Waals surface area (Å²) in [6.45, 7) is 0.846. The summed E-state index contributed by atoms with van der Waals surface area (Å²) in [5.41, 5.74) is 0. The zero-order valence-corrected chi connectivity index (χ0v) is 11.8. The van der Waals surface area contributed by atoms with Gasteiger partial charge in [-0.2, -0.15) is 0 Å². The summed E-state index contributed by atoms with van der Waals surface area (Å²) in [7, 11) is 0. The molecular weight excluding hydrogens is 304 g/mol. The fourth-order valence-electron chi connectivity index (χ4n) is 2.54. The first-order chi connectivity index (χ1) is 10.3. The van der Waals surface area contributed by atoms with Gasteiger partial charge in [0.25, 0.3) is 0 Å². The summed E-state index contributed by atoms with van der Waals surface area (Å²) in [5, 5.41) is 67.2. The van der Waals surface area contributed by atoms with Gasteiger partial charge in [-0.25, -0.2) is 0 Å². The van der Waals surface area contributed by atoms with E-state index in [9.17, 15) is 30.6 Å². The lowest BCUT2D eigenvalue weighted by Gasteiger charge is -2.44. The Morgan fingerprint density at radius 3 is 2.05 bits per heavy atom. The lowest BCUT2D eigenvalue weighted by Crippen LogP contribution is -2.63. The zero-order valence-electron chi connectivity index (χ0n) is 11.8. The summed E-state index contributed by atoms with van der Waals surface area (Å²) in [6, 6.07) is 0. The third-order valence-electron chi connectivity index (χ3n) is 3.94. The summed E-state index contributed by atoms with van der Waals surface area (Å²) in [5.74, 6) is 0. The van der Waals surface area contributed by atoms with Crippen molar-refractivity contribution in [3.8, 4) is 0 Å². The minimum atomic E-state index is -1.64. The lowest BCUT2D eigenvalue weighted by atomic mass is 9.97. The molecule has 0 aromatic carbocycles. The molecule has 0 unspecified atom stereocenters. The molecule has 0 amide bonds. The highest BCUT2D eigenvalue weighted by molar-refractivity contribution is 4.92. The molecule has 2 heterocycles. The van der Waals surface area contributed by atoms with Crippen molar-refractivity contribution in [2.45, 2.75) is 68.3 Å². The Morgan fingerprint density at radius 1 is 0.818 bits per heavy atom. The van der Waals surface area contributed by atoms with E-state index in [1.807, 2.05) is 0 Å². The van der Waals surface area contributed by atoms with Crippen molar-refractivity contribution >= 4 is 0 Å². The van der Waals surface area contributed by atoms with Crippen LogP contribution in [-0.2, 0) is 14.2 Å². The fraction of sp³-hybridized carbons (Fsp3) is 1.00. The zero-order chi connectivity index (χ0) is 16.6. The van der Waals surface area contributed by atoms with E-state index in [-0.39, 0.29) is 0 Å². The van der Waals surface area contributed by atoms with Crippen LogP contribution in [0.25, 0.3) is 0 Å². The molecule has 2 saturated heterocycles. The smallest absolute Gasteiger partial charge is 0.187 e. The van der Waals surface area contributed by atoms with Crippen molar-refractivity contribution in [1.29, 1.82) is 0 Å². The molecule has 0 aliphatic carbocycles. The second-order valence-corrected chi connectivity index (χ2v) is 5.51. The Kier molecular flexibility index (Phi) is 5.72. The van der Waals surface area contributed by atoms with Crippen LogP contribution in [0.4, 0.5) is 0 Å². The van der Waals surface area contributed by atoms with Crippen molar-refractivity contribution in [1.82, 2.24) is 0 Å². The first-order valence-corrected chi connectivity index (χ1v) is 6.93. The SMILES string of the molecule is C[C@@H]1O[C@@H](O)[C@H](O)[C@H](O)[C@H]1O[C@@H]1O[C@H](CO)[C@H](O)[C@H](O)[C@H]1O. The third-order valence-corrected chi connectivity index (χ3v) is 3.94. The minimum Gasteiger partial charge on any atom is -0.394 e. The molecule has 0 radical (unpaired) electrons. The van der Waals surface area contributed by atoms with Gasteiger partial charge in [-0.3, -0.25) is 0 Å². The number of hydrogen-bond acceptors (Lipinski definition) is 10. The Hall–Kier alpha value is -0.400. The van der Waals surface area contributed by atoms with E-state index in [0.29, 0.717) is 0 Å². The Bertz CT molecular complexity index is 366. The van der Waals surface area contributed by atoms with Gasteiger partial charge in [-0.15, -0.1) is 0 Å². The van der Waals surface area contributed by atoms with Crippen molar-refractivity contribution < 1.29 is 50.0 Å². The first-order valence-electron chi connectivity index (χ1n) is 6.93. The Balaban J connectivity index is 2.08. The van der Waals surface area contributed by atoms with Gasteiger partial charge in [0.15, 0.2) is 12.6 Å². The van der Waals surface area contributed by atoms with Gasteiger partial charge in [-0.1, -0.05) is 0 Å². The molecule has 0 saturated carbocycles. The molecule has 10 heteroatoms. The largest absolute Gasteiger partial charge is 0.394 e. The van der Waals surface area contributed by atoms with E-state index in [0.717, 1.165) is 0 Å². The molecule has 2 aliphatic heterocycles. The molecule has 0 spiro atoms. The van der Waals surface area contributed by atoms with Gasteiger partial charge in [0.1, 0.15) is 42.7 Å². The summed E-state index contributed by atoms with van der Waals surface area (Å²) in [6.07, 6.45) is -14.2. The van der Waals surface area contributed by atoms with Crippen LogP contribution in [0.15, 0.2) is 0 Å². The van der Waals surface area contributed by atoms with Gasteiger partial charge in [0.2, 0.25) is 0 Å². The quantitative estimate of drug-likeness (QED) is 0.269. The van der Waals surface area contributed by atoms with E-state index in [1.165, 1.54) is 6.92 Å². The normalized spacial score (nSPS) is 53.5. The summed E-state index contributed by atoms with van der Waals surface area (Å²) >= 11 is 0. The van der Waals surface area contributed by atoms with E-state index in [4.69, 9.17) is 19.3 Å². The molecule has 0 aromatic heterocycles. The van der Waals surface area contributed by atoms with Crippen LogP contribution in [-0.4, -0.2) is 104 Å². The molecule has 2 rings (SSSR count). The second-order valence-electron chi connectivity index (χ2n) is 5.51. The second kappa shape index (κ2) is 7.01. The Morgan fingerprint density at radius 2 is 1.45 bits per heavy atom. The van der Waals surface area contributed by atoms with Crippen LogP contribution < -0.4 is 0 Å². The average molecular weight is 326 g/mol. The van der Waals surface area contributed by atoms with Gasteiger partial charge < -0.3 is 50.0 Å². The highest BCUT2D eigenvalue weighted by Gasteiger charge is 2.49. The highest BCUT2D eigenvalue weighted by Crippen LogP contribution is 2.28. The van der Waals surface area contributed by atoms with E-state index in [2.05, 4.69) is 0 Å². The fourth-order valence-corrected chi connectivity index (χ4v) is 2.54. The number of aliphatic hydroxyl groups excluding tert-OH is 7. The van der Waals surface area contributed by atoms with Crippen molar-refractivity contribution in [3.05, 3.63) is 0 Å².